The summed E-state index contributed by atoms with van der Waals surface area (Å²) >= 11 is 7.52. The number of thioether (sulfide) groups is 1. The van der Waals surface area contributed by atoms with Crippen LogP contribution >= 0.6 is 23.4 Å². The Hall–Kier alpha value is -6.09. The number of ether oxygens (including phenoxy) is 1. The zero-order valence-electron chi connectivity index (χ0n) is 27.9. The van der Waals surface area contributed by atoms with Crippen LogP contribution in [0.1, 0.15) is 32.3 Å². The van der Waals surface area contributed by atoms with Gasteiger partial charge in [0.25, 0.3) is 11.8 Å². The summed E-state index contributed by atoms with van der Waals surface area (Å²) in [4.78, 5) is 41.1. The maximum absolute atomic E-state index is 13.7. The molecule has 0 aliphatic rings. The molecule has 0 saturated carbocycles. The first kappa shape index (κ1) is 35.7. The summed E-state index contributed by atoms with van der Waals surface area (Å²) in [6.45, 7) is 0.428. The first-order valence-corrected chi connectivity index (χ1v) is 17.7. The van der Waals surface area contributed by atoms with Crippen molar-refractivity contribution in [2.75, 3.05) is 10.6 Å². The molecule has 258 valence electrons. The summed E-state index contributed by atoms with van der Waals surface area (Å²) < 4.78 is 5.91. The molecular weight excluding hydrogens is 690 g/mol. The van der Waals surface area contributed by atoms with Gasteiger partial charge in [0.15, 0.2) is 0 Å². The van der Waals surface area contributed by atoms with Gasteiger partial charge in [-0.2, -0.15) is 0 Å². The summed E-state index contributed by atoms with van der Waals surface area (Å²) in [5.74, 6) is -0.443. The SMILES string of the molecule is O=C(Nc1ccc(SC(C(=O)Nc2cccc(Cl)c2)c2ccccc2)cc1)/C(=C/c1ccc(OCc2ccccc2)cc1)NC(=O)c1ccccc1. The van der Waals surface area contributed by atoms with Crippen LogP contribution in [-0.4, -0.2) is 17.7 Å². The number of nitrogens with one attached hydrogen (secondary N) is 3. The maximum atomic E-state index is 13.7. The van der Waals surface area contributed by atoms with E-state index in [4.69, 9.17) is 16.3 Å². The molecule has 3 N–H and O–H groups in total. The van der Waals surface area contributed by atoms with Crippen LogP contribution in [0.3, 0.4) is 0 Å². The first-order chi connectivity index (χ1) is 25.4. The molecule has 6 rings (SSSR count). The standard InChI is InChI=1S/C43H34ClN3O4S/c44-34-17-10-18-36(28-34)46-43(50)40(32-13-6-2-7-14-32)52-38-25-21-35(22-26-38)45-42(49)39(47-41(48)33-15-8-3-9-16-33)27-30-19-23-37(24-20-30)51-29-31-11-4-1-5-12-31/h1-28,40H,29H2,(H,45,49)(H,46,50)(H,47,48)/b39-27-. The highest BCUT2D eigenvalue weighted by molar-refractivity contribution is 8.00. The molecule has 6 aromatic carbocycles. The molecule has 0 spiro atoms. The van der Waals surface area contributed by atoms with Gasteiger partial charge in [0.05, 0.1) is 0 Å². The minimum Gasteiger partial charge on any atom is -0.489 e. The molecule has 7 nitrogen and oxygen atoms in total. The van der Waals surface area contributed by atoms with E-state index in [1.54, 1.807) is 66.7 Å². The lowest BCUT2D eigenvalue weighted by molar-refractivity contribution is -0.116. The third kappa shape index (κ3) is 10.2. The van der Waals surface area contributed by atoms with Gasteiger partial charge in [-0.15, -0.1) is 11.8 Å². The van der Waals surface area contributed by atoms with Crippen LogP contribution in [0.2, 0.25) is 5.02 Å². The Morgan fingerprint density at radius 3 is 2.00 bits per heavy atom. The summed E-state index contributed by atoms with van der Waals surface area (Å²) in [5, 5.41) is 8.61. The number of carbonyl (C=O) groups is 3. The Kier molecular flexibility index (Phi) is 12.2. The van der Waals surface area contributed by atoms with Crippen molar-refractivity contribution in [2.45, 2.75) is 16.8 Å². The lowest BCUT2D eigenvalue weighted by Crippen LogP contribution is -2.30. The van der Waals surface area contributed by atoms with Crippen molar-refractivity contribution < 1.29 is 19.1 Å². The Morgan fingerprint density at radius 1 is 0.673 bits per heavy atom. The number of anilines is 2. The van der Waals surface area contributed by atoms with Crippen LogP contribution in [0, 0.1) is 0 Å². The average molecular weight is 724 g/mol. The highest BCUT2D eigenvalue weighted by Crippen LogP contribution is 2.37. The van der Waals surface area contributed by atoms with Gasteiger partial charge in [0, 0.05) is 26.9 Å². The minimum absolute atomic E-state index is 0.0621. The summed E-state index contributed by atoms with van der Waals surface area (Å²) in [7, 11) is 0. The summed E-state index contributed by atoms with van der Waals surface area (Å²) in [5.41, 5.74) is 4.18. The van der Waals surface area contributed by atoms with E-state index < -0.39 is 17.1 Å². The fourth-order valence-electron chi connectivity index (χ4n) is 5.14. The maximum Gasteiger partial charge on any atom is 0.272 e. The van der Waals surface area contributed by atoms with Crippen molar-refractivity contribution in [3.8, 4) is 5.75 Å². The van der Waals surface area contributed by atoms with Crippen LogP contribution in [0.5, 0.6) is 5.75 Å². The molecule has 9 heteroatoms. The van der Waals surface area contributed by atoms with Crippen molar-refractivity contribution in [1.29, 1.82) is 0 Å². The van der Waals surface area contributed by atoms with Gasteiger partial charge >= 0.3 is 0 Å². The Balaban J connectivity index is 1.16. The summed E-state index contributed by atoms with van der Waals surface area (Å²) in [6, 6.07) is 49.5. The number of rotatable bonds is 13. The largest absolute Gasteiger partial charge is 0.489 e. The molecule has 0 aliphatic heterocycles. The quantitative estimate of drug-likeness (QED) is 0.0815. The van der Waals surface area contributed by atoms with E-state index >= 15 is 0 Å². The molecule has 0 bridgehead atoms. The molecule has 3 amide bonds. The highest BCUT2D eigenvalue weighted by Gasteiger charge is 2.23. The van der Waals surface area contributed by atoms with Crippen LogP contribution in [0.15, 0.2) is 174 Å². The normalized spacial score (nSPS) is 11.6. The van der Waals surface area contributed by atoms with E-state index in [1.807, 2.05) is 103 Å². The molecule has 0 fully saturated rings. The van der Waals surface area contributed by atoms with E-state index in [1.165, 1.54) is 11.8 Å². The predicted octanol–water partition coefficient (Wildman–Crippen LogP) is 9.80. The lowest BCUT2D eigenvalue weighted by Gasteiger charge is -2.18. The van der Waals surface area contributed by atoms with Crippen molar-refractivity contribution in [3.05, 3.63) is 197 Å². The molecule has 6 aromatic rings. The number of hydrogen-bond acceptors (Lipinski definition) is 5. The van der Waals surface area contributed by atoms with E-state index in [2.05, 4.69) is 16.0 Å². The third-order valence-electron chi connectivity index (χ3n) is 7.77. The topological polar surface area (TPSA) is 96.5 Å². The molecule has 1 atom stereocenters. The van der Waals surface area contributed by atoms with Gasteiger partial charge in [0.2, 0.25) is 5.91 Å². The van der Waals surface area contributed by atoms with Gasteiger partial charge < -0.3 is 20.7 Å². The van der Waals surface area contributed by atoms with E-state index in [-0.39, 0.29) is 11.6 Å². The number of amides is 3. The van der Waals surface area contributed by atoms with E-state index in [0.29, 0.717) is 39.9 Å². The minimum atomic E-state index is -0.557. The van der Waals surface area contributed by atoms with Crippen molar-refractivity contribution in [1.82, 2.24) is 5.32 Å². The van der Waals surface area contributed by atoms with Gasteiger partial charge in [-0.3, -0.25) is 14.4 Å². The zero-order valence-corrected chi connectivity index (χ0v) is 29.4. The predicted molar refractivity (Wildman–Crippen MR) is 209 cm³/mol. The molecule has 0 aromatic heterocycles. The Bertz CT molecular complexity index is 2150. The van der Waals surface area contributed by atoms with Crippen LogP contribution in [0.25, 0.3) is 6.08 Å². The van der Waals surface area contributed by atoms with Crippen LogP contribution in [0.4, 0.5) is 11.4 Å². The Labute approximate surface area is 311 Å². The second kappa shape index (κ2) is 17.7. The monoisotopic (exact) mass is 723 g/mol. The number of carbonyl (C=O) groups excluding carboxylic acids is 3. The Morgan fingerprint density at radius 2 is 1.33 bits per heavy atom. The fraction of sp³-hybridized carbons (Fsp3) is 0.0465. The summed E-state index contributed by atoms with van der Waals surface area (Å²) in [6.07, 6.45) is 1.62. The molecule has 0 radical (unpaired) electrons. The zero-order chi connectivity index (χ0) is 36.1. The van der Waals surface area contributed by atoms with Gasteiger partial charge in [-0.25, -0.2) is 0 Å². The van der Waals surface area contributed by atoms with Crippen molar-refractivity contribution in [3.63, 3.8) is 0 Å². The van der Waals surface area contributed by atoms with Crippen molar-refractivity contribution in [2.24, 2.45) is 0 Å². The molecule has 0 aliphatic carbocycles. The third-order valence-corrected chi connectivity index (χ3v) is 9.27. The van der Waals surface area contributed by atoms with Gasteiger partial charge in [-0.05, 0) is 89.5 Å². The molecule has 52 heavy (non-hydrogen) atoms. The lowest BCUT2D eigenvalue weighted by atomic mass is 10.1. The van der Waals surface area contributed by atoms with Crippen LogP contribution in [-0.2, 0) is 16.2 Å². The average Bonchev–Trinajstić information content (AvgIpc) is 3.18. The number of hydrogen-bond donors (Lipinski definition) is 3. The van der Waals surface area contributed by atoms with E-state index in [0.717, 1.165) is 16.0 Å². The molecule has 1 unspecified atom stereocenters. The number of benzene rings is 6. The molecule has 0 heterocycles. The van der Waals surface area contributed by atoms with E-state index in [9.17, 15) is 14.4 Å². The molecule has 0 saturated heterocycles. The highest BCUT2D eigenvalue weighted by atomic mass is 35.5. The molecular formula is C43H34ClN3O4S. The second-order valence-corrected chi connectivity index (χ2v) is 13.2. The number of halogens is 1. The first-order valence-electron chi connectivity index (χ1n) is 16.4. The van der Waals surface area contributed by atoms with Crippen LogP contribution < -0.4 is 20.7 Å². The van der Waals surface area contributed by atoms with Gasteiger partial charge in [0.1, 0.15) is 23.3 Å². The van der Waals surface area contributed by atoms with Gasteiger partial charge in [-0.1, -0.05) is 109 Å². The smallest absolute Gasteiger partial charge is 0.272 e. The van der Waals surface area contributed by atoms with Crippen molar-refractivity contribution >= 4 is 58.5 Å². The second-order valence-electron chi connectivity index (χ2n) is 11.6. The fourth-order valence-corrected chi connectivity index (χ4v) is 6.35.